The van der Waals surface area contributed by atoms with Crippen molar-refractivity contribution in [2.45, 2.75) is 39.3 Å². The van der Waals surface area contributed by atoms with E-state index < -0.39 is 0 Å². The number of carbonyl (C=O) groups is 1. The predicted octanol–water partition coefficient (Wildman–Crippen LogP) is 3.87. The summed E-state index contributed by atoms with van der Waals surface area (Å²) in [5, 5.41) is 0. The van der Waals surface area contributed by atoms with E-state index in [0.717, 1.165) is 35.3 Å². The maximum atomic E-state index is 12.6. The monoisotopic (exact) mass is 346 g/mol. The fraction of sp³-hybridized carbons (Fsp3) is 0.643. The van der Waals surface area contributed by atoms with Gasteiger partial charge in [-0.25, -0.2) is 0 Å². The molecule has 0 bridgehead atoms. The van der Waals surface area contributed by atoms with E-state index in [-0.39, 0.29) is 5.91 Å². The fourth-order valence-electron chi connectivity index (χ4n) is 2.12. The highest BCUT2D eigenvalue weighted by Gasteiger charge is 2.22. The molecule has 0 aromatic carbocycles. The van der Waals surface area contributed by atoms with Gasteiger partial charge >= 0.3 is 0 Å². The van der Waals surface area contributed by atoms with Crippen molar-refractivity contribution in [3.05, 3.63) is 22.4 Å². The van der Waals surface area contributed by atoms with Gasteiger partial charge in [0.2, 0.25) is 0 Å². The van der Waals surface area contributed by atoms with Gasteiger partial charge in [-0.3, -0.25) is 4.79 Å². The Morgan fingerprint density at radius 1 is 1.53 bits per heavy atom. The first-order valence-corrected chi connectivity index (χ1v) is 8.85. The molecule has 3 nitrogen and oxygen atoms in total. The topological polar surface area (TPSA) is 25.2 Å². The second-order valence-corrected chi connectivity index (χ2v) is 6.50. The van der Waals surface area contributed by atoms with Crippen LogP contribution >= 0.6 is 27.7 Å². The molecule has 0 N–H and O–H groups in total. The summed E-state index contributed by atoms with van der Waals surface area (Å²) in [6, 6.07) is 2.21. The normalized spacial score (nSPS) is 12.5. The molecule has 1 atom stereocenters. The molecule has 0 aliphatic rings. The third-order valence-electron chi connectivity index (χ3n) is 3.25. The van der Waals surface area contributed by atoms with Crippen molar-refractivity contribution in [1.82, 2.24) is 9.47 Å². The van der Waals surface area contributed by atoms with Gasteiger partial charge < -0.3 is 9.47 Å². The Labute approximate surface area is 128 Å². The molecular formula is C14H23BrN2OS. The van der Waals surface area contributed by atoms with E-state index in [4.69, 9.17) is 0 Å². The molecule has 19 heavy (non-hydrogen) atoms. The summed E-state index contributed by atoms with van der Waals surface area (Å²) in [5.41, 5.74) is 0.774. The first-order valence-electron chi connectivity index (χ1n) is 6.66. The van der Waals surface area contributed by atoms with Crippen molar-refractivity contribution in [3.8, 4) is 0 Å². The first-order chi connectivity index (χ1) is 9.04. The van der Waals surface area contributed by atoms with Crippen molar-refractivity contribution >= 4 is 33.6 Å². The average molecular weight is 347 g/mol. The van der Waals surface area contributed by atoms with Crippen LogP contribution in [0.25, 0.3) is 0 Å². The van der Waals surface area contributed by atoms with Gasteiger partial charge in [0.05, 0.1) is 0 Å². The van der Waals surface area contributed by atoms with Gasteiger partial charge in [-0.05, 0) is 41.1 Å². The van der Waals surface area contributed by atoms with Crippen LogP contribution in [0.15, 0.2) is 16.7 Å². The quantitative estimate of drug-likeness (QED) is 0.748. The van der Waals surface area contributed by atoms with Gasteiger partial charge in [0, 0.05) is 36.1 Å². The summed E-state index contributed by atoms with van der Waals surface area (Å²) in [4.78, 5) is 14.5. The van der Waals surface area contributed by atoms with E-state index in [0.29, 0.717) is 6.04 Å². The zero-order valence-corrected chi connectivity index (χ0v) is 14.6. The Bertz CT molecular complexity index is 420. The lowest BCUT2D eigenvalue weighted by molar-refractivity contribution is 0.0732. The van der Waals surface area contributed by atoms with Gasteiger partial charge in [-0.15, -0.1) is 0 Å². The van der Waals surface area contributed by atoms with E-state index in [1.54, 1.807) is 11.8 Å². The van der Waals surface area contributed by atoms with Crippen LogP contribution in [0.2, 0.25) is 0 Å². The molecule has 1 aromatic heterocycles. The van der Waals surface area contributed by atoms with E-state index in [1.165, 1.54) is 0 Å². The van der Waals surface area contributed by atoms with E-state index in [9.17, 15) is 4.79 Å². The van der Waals surface area contributed by atoms with E-state index >= 15 is 0 Å². The molecule has 5 heteroatoms. The van der Waals surface area contributed by atoms with Crippen molar-refractivity contribution in [2.75, 3.05) is 19.1 Å². The van der Waals surface area contributed by atoms with Gasteiger partial charge in [0.25, 0.3) is 5.91 Å². The number of nitrogens with zero attached hydrogens (tertiary/aromatic N) is 2. The van der Waals surface area contributed by atoms with Crippen molar-refractivity contribution in [2.24, 2.45) is 0 Å². The van der Waals surface area contributed by atoms with Gasteiger partial charge in [0.15, 0.2) is 0 Å². The molecule has 0 radical (unpaired) electrons. The molecule has 1 unspecified atom stereocenters. The molecule has 1 amide bonds. The zero-order valence-electron chi connectivity index (χ0n) is 12.1. The predicted molar refractivity (Wildman–Crippen MR) is 87.0 cm³/mol. The van der Waals surface area contributed by atoms with Crippen LogP contribution in [0.3, 0.4) is 0 Å². The van der Waals surface area contributed by atoms with Gasteiger partial charge in [-0.2, -0.15) is 11.8 Å². The minimum Gasteiger partial charge on any atom is -0.342 e. The Morgan fingerprint density at radius 2 is 2.21 bits per heavy atom. The molecule has 0 fully saturated rings. The maximum Gasteiger partial charge on any atom is 0.270 e. The molecular weight excluding hydrogens is 324 g/mol. The largest absolute Gasteiger partial charge is 0.342 e. The number of thioether (sulfide) groups is 1. The van der Waals surface area contributed by atoms with Crippen LogP contribution < -0.4 is 0 Å². The average Bonchev–Trinajstić information content (AvgIpc) is 2.75. The number of halogens is 1. The van der Waals surface area contributed by atoms with Crippen molar-refractivity contribution < 1.29 is 4.79 Å². The summed E-state index contributed by atoms with van der Waals surface area (Å²) in [5.74, 6) is 1.09. The van der Waals surface area contributed by atoms with E-state index in [1.807, 2.05) is 28.8 Å². The lowest BCUT2D eigenvalue weighted by Gasteiger charge is -2.27. The Balaban J connectivity index is 2.92. The summed E-state index contributed by atoms with van der Waals surface area (Å²) >= 11 is 5.24. The molecule has 0 aliphatic carbocycles. The third kappa shape index (κ3) is 4.28. The highest BCUT2D eigenvalue weighted by molar-refractivity contribution is 9.10. The number of carbonyl (C=O) groups excluding carboxylic acids is 1. The third-order valence-corrected chi connectivity index (χ3v) is 4.40. The van der Waals surface area contributed by atoms with Crippen LogP contribution in [0.4, 0.5) is 0 Å². The number of hydrogen-bond acceptors (Lipinski definition) is 2. The first kappa shape index (κ1) is 16.6. The summed E-state index contributed by atoms with van der Waals surface area (Å²) in [6.45, 7) is 5.12. The summed E-state index contributed by atoms with van der Waals surface area (Å²) in [7, 11) is 1.91. The SMILES string of the molecule is CCCn1cc(Br)cc1C(=O)N(C)C(CC)CSC. The van der Waals surface area contributed by atoms with Gasteiger partial charge in [0.1, 0.15) is 5.69 Å². The second kappa shape index (κ2) is 8.00. The molecule has 0 spiro atoms. The molecule has 0 aliphatic heterocycles. The van der Waals surface area contributed by atoms with Crippen molar-refractivity contribution in [3.63, 3.8) is 0 Å². The van der Waals surface area contributed by atoms with Crippen LogP contribution in [0.1, 0.15) is 37.2 Å². The lowest BCUT2D eigenvalue weighted by Crippen LogP contribution is -2.39. The summed E-state index contributed by atoms with van der Waals surface area (Å²) < 4.78 is 3.00. The molecule has 1 heterocycles. The number of amides is 1. The van der Waals surface area contributed by atoms with Gasteiger partial charge in [-0.1, -0.05) is 13.8 Å². The molecule has 1 rings (SSSR count). The zero-order chi connectivity index (χ0) is 14.4. The number of hydrogen-bond donors (Lipinski definition) is 0. The molecule has 0 saturated carbocycles. The Morgan fingerprint density at radius 3 is 2.74 bits per heavy atom. The number of rotatable bonds is 7. The standard InChI is InChI=1S/C14H23BrN2OS/c1-5-7-17-9-11(15)8-13(17)14(18)16(3)12(6-2)10-19-4/h8-9,12H,5-7,10H2,1-4H3. The number of aryl methyl sites for hydroxylation is 1. The number of aromatic nitrogens is 1. The lowest BCUT2D eigenvalue weighted by atomic mass is 10.2. The van der Waals surface area contributed by atoms with Crippen LogP contribution in [0, 0.1) is 0 Å². The fourth-order valence-corrected chi connectivity index (χ4v) is 3.43. The summed E-state index contributed by atoms with van der Waals surface area (Å²) in [6.07, 6.45) is 6.07. The van der Waals surface area contributed by atoms with Crippen molar-refractivity contribution in [1.29, 1.82) is 0 Å². The molecule has 1 aromatic rings. The maximum absolute atomic E-state index is 12.6. The smallest absolute Gasteiger partial charge is 0.270 e. The van der Waals surface area contributed by atoms with Crippen LogP contribution in [0.5, 0.6) is 0 Å². The Kier molecular flexibility index (Phi) is 7.00. The van der Waals surface area contributed by atoms with Crippen LogP contribution in [-0.2, 0) is 6.54 Å². The Hall–Kier alpha value is -0.420. The minimum atomic E-state index is 0.111. The van der Waals surface area contributed by atoms with E-state index in [2.05, 4.69) is 36.0 Å². The second-order valence-electron chi connectivity index (χ2n) is 4.67. The highest BCUT2D eigenvalue weighted by Crippen LogP contribution is 2.19. The highest BCUT2D eigenvalue weighted by atomic mass is 79.9. The minimum absolute atomic E-state index is 0.111. The molecule has 0 saturated heterocycles. The van der Waals surface area contributed by atoms with Crippen LogP contribution in [-0.4, -0.2) is 40.5 Å². The molecule has 108 valence electrons.